The molecule has 0 spiro atoms. The van der Waals surface area contributed by atoms with Crippen molar-refractivity contribution in [3.8, 4) is 0 Å². The van der Waals surface area contributed by atoms with Crippen molar-refractivity contribution in [3.05, 3.63) is 53.7 Å². The van der Waals surface area contributed by atoms with Crippen LogP contribution in [0.15, 0.2) is 45.9 Å². The van der Waals surface area contributed by atoms with Crippen LogP contribution < -0.4 is 9.44 Å². The minimum atomic E-state index is -3.92. The fourth-order valence-corrected chi connectivity index (χ4v) is 4.23. The second kappa shape index (κ2) is 7.43. The van der Waals surface area contributed by atoms with Gasteiger partial charge in [-0.15, -0.1) is 0 Å². The largest absolute Gasteiger partial charge is 0.468 e. The molecule has 0 aliphatic heterocycles. The molecule has 0 aliphatic rings. The van der Waals surface area contributed by atoms with Gasteiger partial charge in [0.15, 0.2) is 0 Å². The van der Waals surface area contributed by atoms with Gasteiger partial charge in [-0.25, -0.2) is 30.7 Å². The lowest BCUT2D eigenvalue weighted by Gasteiger charge is -2.10. The molecule has 0 amide bonds. The van der Waals surface area contributed by atoms with Crippen molar-refractivity contribution in [1.29, 1.82) is 0 Å². The predicted molar refractivity (Wildman–Crippen MR) is 85.7 cm³/mol. The van der Waals surface area contributed by atoms with E-state index in [9.17, 15) is 21.2 Å². The predicted octanol–water partition coefficient (Wildman–Crippen LogP) is 1.13. The van der Waals surface area contributed by atoms with Crippen molar-refractivity contribution in [2.24, 2.45) is 0 Å². The third-order valence-corrected chi connectivity index (χ3v) is 6.08. The zero-order valence-electron chi connectivity index (χ0n) is 12.8. The molecule has 2 aromatic rings. The van der Waals surface area contributed by atoms with Gasteiger partial charge in [0.25, 0.3) is 0 Å². The molecule has 132 valence electrons. The number of furan rings is 1. The van der Waals surface area contributed by atoms with Crippen LogP contribution in [-0.4, -0.2) is 29.1 Å². The summed E-state index contributed by atoms with van der Waals surface area (Å²) in [6.45, 7) is 1.13. The molecule has 0 unspecified atom stereocenters. The van der Waals surface area contributed by atoms with Gasteiger partial charge in [-0.05, 0) is 42.8 Å². The van der Waals surface area contributed by atoms with Crippen molar-refractivity contribution in [2.75, 3.05) is 12.3 Å². The van der Waals surface area contributed by atoms with E-state index in [1.807, 2.05) is 0 Å². The average molecular weight is 376 g/mol. The maximum absolute atomic E-state index is 13.0. The molecule has 0 atom stereocenters. The number of halogens is 1. The van der Waals surface area contributed by atoms with Crippen molar-refractivity contribution >= 4 is 20.0 Å². The number of benzene rings is 1. The average Bonchev–Trinajstić information content (AvgIpc) is 2.97. The second-order valence-electron chi connectivity index (χ2n) is 5.03. The first kappa shape index (κ1) is 18.6. The van der Waals surface area contributed by atoms with Crippen molar-refractivity contribution in [1.82, 2.24) is 9.44 Å². The Bertz CT molecular complexity index is 893. The van der Waals surface area contributed by atoms with Crippen molar-refractivity contribution in [2.45, 2.75) is 18.4 Å². The van der Waals surface area contributed by atoms with Gasteiger partial charge in [-0.3, -0.25) is 0 Å². The first-order valence-corrected chi connectivity index (χ1v) is 10.1. The summed E-state index contributed by atoms with van der Waals surface area (Å²) in [6.07, 6.45) is 1.42. The minimum Gasteiger partial charge on any atom is -0.468 e. The highest BCUT2D eigenvalue weighted by Gasteiger charge is 2.18. The number of hydrogen-bond acceptors (Lipinski definition) is 5. The van der Waals surface area contributed by atoms with E-state index in [1.54, 1.807) is 12.1 Å². The van der Waals surface area contributed by atoms with Crippen LogP contribution >= 0.6 is 0 Å². The van der Waals surface area contributed by atoms with E-state index in [1.165, 1.54) is 13.2 Å². The lowest BCUT2D eigenvalue weighted by Crippen LogP contribution is -2.34. The Morgan fingerprint density at radius 2 is 1.88 bits per heavy atom. The molecule has 1 aromatic heterocycles. The monoisotopic (exact) mass is 376 g/mol. The smallest absolute Gasteiger partial charge is 0.240 e. The third kappa shape index (κ3) is 5.13. The lowest BCUT2D eigenvalue weighted by molar-refractivity contribution is 0.498. The normalized spacial score (nSPS) is 12.4. The third-order valence-electron chi connectivity index (χ3n) is 3.14. The van der Waals surface area contributed by atoms with Gasteiger partial charge in [0.1, 0.15) is 11.6 Å². The van der Waals surface area contributed by atoms with Crippen LogP contribution in [0.25, 0.3) is 0 Å². The Morgan fingerprint density at radius 1 is 1.12 bits per heavy atom. The van der Waals surface area contributed by atoms with Crippen LogP contribution in [0.3, 0.4) is 0 Å². The summed E-state index contributed by atoms with van der Waals surface area (Å²) < 4.78 is 70.4. The molecular formula is C14H17FN2O5S2. The Labute approximate surface area is 140 Å². The summed E-state index contributed by atoms with van der Waals surface area (Å²) in [5, 5.41) is 0. The van der Waals surface area contributed by atoms with Crippen LogP contribution in [-0.2, 0) is 26.6 Å². The number of sulfonamides is 2. The Hall–Kier alpha value is -1.75. The first-order chi connectivity index (χ1) is 11.2. The molecule has 24 heavy (non-hydrogen) atoms. The van der Waals surface area contributed by atoms with Crippen LogP contribution in [0.5, 0.6) is 0 Å². The number of nitrogens with one attached hydrogen (secondary N) is 2. The highest BCUT2D eigenvalue weighted by Crippen LogP contribution is 2.15. The van der Waals surface area contributed by atoms with Crippen LogP contribution in [0.2, 0.25) is 0 Å². The highest BCUT2D eigenvalue weighted by atomic mass is 32.2. The number of aryl methyl sites for hydroxylation is 1. The molecule has 0 radical (unpaired) electrons. The molecule has 1 aromatic carbocycles. The van der Waals surface area contributed by atoms with E-state index in [-0.39, 0.29) is 23.5 Å². The molecule has 0 fully saturated rings. The van der Waals surface area contributed by atoms with Crippen LogP contribution in [0.1, 0.15) is 11.3 Å². The molecule has 2 rings (SSSR count). The Kier molecular flexibility index (Phi) is 5.75. The molecule has 0 bridgehead atoms. The summed E-state index contributed by atoms with van der Waals surface area (Å²) >= 11 is 0. The standard InChI is InChI=1S/C14H17FN2O5S2/c1-11-9-12(15)4-5-14(11)24(20,21)16-6-8-23(18,19)17-10-13-3-2-7-22-13/h2-5,7,9,16-17H,6,8,10H2,1H3. The van der Waals surface area contributed by atoms with E-state index < -0.39 is 31.6 Å². The molecule has 0 saturated heterocycles. The topological polar surface area (TPSA) is 105 Å². The lowest BCUT2D eigenvalue weighted by atomic mass is 10.2. The molecule has 0 saturated carbocycles. The highest BCUT2D eigenvalue weighted by molar-refractivity contribution is 7.90. The molecule has 10 heteroatoms. The van der Waals surface area contributed by atoms with E-state index in [2.05, 4.69) is 9.44 Å². The van der Waals surface area contributed by atoms with Crippen molar-refractivity contribution in [3.63, 3.8) is 0 Å². The first-order valence-electron chi connectivity index (χ1n) is 6.95. The Balaban J connectivity index is 1.92. The van der Waals surface area contributed by atoms with Gasteiger partial charge in [-0.1, -0.05) is 0 Å². The summed E-state index contributed by atoms with van der Waals surface area (Å²) in [5.41, 5.74) is 0.237. The maximum atomic E-state index is 13.0. The minimum absolute atomic E-state index is 0.0147. The fraction of sp³-hybridized carbons (Fsp3) is 0.286. The molecule has 2 N–H and O–H groups in total. The zero-order chi connectivity index (χ0) is 17.8. The number of rotatable bonds is 8. The van der Waals surface area contributed by atoms with Gasteiger partial charge in [-0.2, -0.15) is 0 Å². The summed E-state index contributed by atoms with van der Waals surface area (Å²) in [4.78, 5) is -0.0927. The van der Waals surface area contributed by atoms with Gasteiger partial charge >= 0.3 is 0 Å². The van der Waals surface area contributed by atoms with Crippen LogP contribution in [0.4, 0.5) is 4.39 Å². The maximum Gasteiger partial charge on any atom is 0.240 e. The molecule has 1 heterocycles. The molecule has 0 aliphatic carbocycles. The fourth-order valence-electron chi connectivity index (χ4n) is 1.97. The summed E-state index contributed by atoms with van der Waals surface area (Å²) in [6, 6.07) is 6.50. The molecule has 7 nitrogen and oxygen atoms in total. The van der Waals surface area contributed by atoms with E-state index in [4.69, 9.17) is 4.42 Å². The SMILES string of the molecule is Cc1cc(F)ccc1S(=O)(=O)NCCS(=O)(=O)NCc1ccco1. The second-order valence-corrected chi connectivity index (χ2v) is 8.69. The zero-order valence-corrected chi connectivity index (χ0v) is 14.5. The van der Waals surface area contributed by atoms with Crippen LogP contribution in [0, 0.1) is 12.7 Å². The Morgan fingerprint density at radius 3 is 2.50 bits per heavy atom. The quantitative estimate of drug-likeness (QED) is 0.718. The van der Waals surface area contributed by atoms with Gasteiger partial charge in [0.2, 0.25) is 20.0 Å². The van der Waals surface area contributed by atoms with Crippen molar-refractivity contribution < 1.29 is 25.6 Å². The van der Waals surface area contributed by atoms with Gasteiger partial charge in [0.05, 0.1) is 23.5 Å². The molecular weight excluding hydrogens is 359 g/mol. The number of hydrogen-bond donors (Lipinski definition) is 2. The van der Waals surface area contributed by atoms with E-state index in [0.717, 1.165) is 18.2 Å². The van der Waals surface area contributed by atoms with Gasteiger partial charge < -0.3 is 4.42 Å². The summed E-state index contributed by atoms with van der Waals surface area (Å²) in [7, 11) is -7.59. The van der Waals surface area contributed by atoms with Gasteiger partial charge in [0, 0.05) is 6.54 Å². The summed E-state index contributed by atoms with van der Waals surface area (Å²) in [5.74, 6) is -0.537. The van der Waals surface area contributed by atoms with E-state index >= 15 is 0 Å². The van der Waals surface area contributed by atoms with E-state index in [0.29, 0.717) is 5.76 Å².